The molecule has 2 heterocycles. The average molecular weight is 293 g/mol. The van der Waals surface area contributed by atoms with E-state index in [9.17, 15) is 8.42 Å². The number of hydrogen-bond donors (Lipinski definition) is 1. The van der Waals surface area contributed by atoms with Gasteiger partial charge in [-0.3, -0.25) is 0 Å². The first-order valence-corrected chi connectivity index (χ1v) is 8.10. The molecule has 0 amide bonds. The van der Waals surface area contributed by atoms with E-state index >= 15 is 0 Å². The molecule has 2 aromatic heterocycles. The molecule has 0 unspecified atom stereocenters. The van der Waals surface area contributed by atoms with Crippen molar-refractivity contribution in [2.24, 2.45) is 5.41 Å². The fourth-order valence-corrected chi connectivity index (χ4v) is 3.88. The number of sulfone groups is 1. The fourth-order valence-electron chi connectivity index (χ4n) is 1.37. The molecular weight excluding hydrogens is 278 g/mol. The maximum absolute atomic E-state index is 12.2. The zero-order valence-corrected chi connectivity index (χ0v) is 12.7. The largest absolute Gasteiger partial charge is 0.352 e. The van der Waals surface area contributed by atoms with Crippen LogP contribution in [-0.4, -0.2) is 13.4 Å². The third kappa shape index (κ3) is 3.28. The van der Waals surface area contributed by atoms with Gasteiger partial charge in [0, 0.05) is 11.6 Å². The Morgan fingerprint density at radius 2 is 1.95 bits per heavy atom. The van der Waals surface area contributed by atoms with Gasteiger partial charge >= 0.3 is 0 Å². The molecule has 0 saturated heterocycles. The van der Waals surface area contributed by atoms with Gasteiger partial charge in [0.1, 0.15) is 9.24 Å². The summed E-state index contributed by atoms with van der Waals surface area (Å²) in [6.07, 6.45) is 1.60. The lowest BCUT2D eigenvalue weighted by Gasteiger charge is -2.06. The zero-order chi connectivity index (χ0) is 14.1. The summed E-state index contributed by atoms with van der Waals surface area (Å²) in [5.41, 5.74) is -0.0948. The molecule has 0 fully saturated rings. The maximum atomic E-state index is 12.2. The van der Waals surface area contributed by atoms with Gasteiger partial charge in [-0.25, -0.2) is 8.42 Å². The molecule has 1 N–H and O–H groups in total. The molecule has 5 heteroatoms. The Kier molecular flexibility index (Phi) is 3.57. The quantitative estimate of drug-likeness (QED) is 0.864. The van der Waals surface area contributed by atoms with Gasteiger partial charge in [-0.1, -0.05) is 11.8 Å². The number of H-pyrrole nitrogens is 1. The summed E-state index contributed by atoms with van der Waals surface area (Å²) in [7, 11) is -3.43. The molecule has 0 radical (unpaired) electrons. The summed E-state index contributed by atoms with van der Waals surface area (Å²) < 4.78 is 24.8. The third-order valence-electron chi connectivity index (χ3n) is 2.27. The maximum Gasteiger partial charge on any atom is 0.231 e. The first-order chi connectivity index (χ1) is 8.79. The zero-order valence-electron chi connectivity index (χ0n) is 11.0. The Labute approximate surface area is 117 Å². The standard InChI is InChI=1S/C14H15NO2S2/c1-14(2,3)9-8-11-6-7-13(18-11)19(16,17)12-5-4-10-15-12/h4-7,10,15H,1-3H3. The van der Waals surface area contributed by atoms with Gasteiger partial charge in [0.05, 0.1) is 4.88 Å². The predicted molar refractivity (Wildman–Crippen MR) is 76.9 cm³/mol. The Bertz CT molecular complexity index is 720. The summed E-state index contributed by atoms with van der Waals surface area (Å²) in [6.45, 7) is 6.05. The molecule has 0 bridgehead atoms. The lowest BCUT2D eigenvalue weighted by atomic mass is 9.98. The van der Waals surface area contributed by atoms with Crippen molar-refractivity contribution in [3.05, 3.63) is 35.3 Å². The molecule has 19 heavy (non-hydrogen) atoms. The molecule has 3 nitrogen and oxygen atoms in total. The number of thiophene rings is 1. The van der Waals surface area contributed by atoms with Crippen molar-refractivity contribution >= 4 is 21.2 Å². The SMILES string of the molecule is CC(C)(C)C#Cc1ccc(S(=O)(=O)c2ccc[nH]2)s1. The van der Waals surface area contributed by atoms with Gasteiger partial charge in [0.15, 0.2) is 0 Å². The van der Waals surface area contributed by atoms with E-state index in [1.165, 1.54) is 11.3 Å². The van der Waals surface area contributed by atoms with Crippen molar-refractivity contribution in [1.82, 2.24) is 4.98 Å². The van der Waals surface area contributed by atoms with Crippen LogP contribution in [0.25, 0.3) is 0 Å². The summed E-state index contributed by atoms with van der Waals surface area (Å²) in [4.78, 5) is 3.49. The molecule has 100 valence electrons. The minimum atomic E-state index is -3.43. The van der Waals surface area contributed by atoms with E-state index < -0.39 is 9.84 Å². The van der Waals surface area contributed by atoms with Crippen LogP contribution in [-0.2, 0) is 9.84 Å². The predicted octanol–water partition coefficient (Wildman–Crippen LogP) is 3.31. The van der Waals surface area contributed by atoms with Crippen molar-refractivity contribution in [2.45, 2.75) is 30.0 Å². The van der Waals surface area contributed by atoms with Gasteiger partial charge in [-0.05, 0) is 45.0 Å². The molecule has 0 spiro atoms. The van der Waals surface area contributed by atoms with Gasteiger partial charge in [0.25, 0.3) is 0 Å². The second kappa shape index (κ2) is 4.87. The highest BCUT2D eigenvalue weighted by molar-refractivity contribution is 7.93. The summed E-state index contributed by atoms with van der Waals surface area (Å²) >= 11 is 1.20. The van der Waals surface area contributed by atoms with Crippen molar-refractivity contribution in [1.29, 1.82) is 0 Å². The van der Waals surface area contributed by atoms with Crippen LogP contribution in [0, 0.1) is 17.3 Å². The highest BCUT2D eigenvalue weighted by Gasteiger charge is 2.20. The van der Waals surface area contributed by atoms with Gasteiger partial charge < -0.3 is 4.98 Å². The number of hydrogen-bond acceptors (Lipinski definition) is 3. The van der Waals surface area contributed by atoms with Crippen LogP contribution >= 0.6 is 11.3 Å². The van der Waals surface area contributed by atoms with Crippen LogP contribution < -0.4 is 0 Å². The van der Waals surface area contributed by atoms with Crippen LogP contribution in [0.2, 0.25) is 0 Å². The molecule has 0 aromatic carbocycles. The van der Waals surface area contributed by atoms with Crippen molar-refractivity contribution in [2.75, 3.05) is 0 Å². The molecule has 2 rings (SSSR count). The number of aromatic amines is 1. The van der Waals surface area contributed by atoms with E-state index in [4.69, 9.17) is 0 Å². The number of aromatic nitrogens is 1. The van der Waals surface area contributed by atoms with Crippen LogP contribution in [0.15, 0.2) is 39.7 Å². The Morgan fingerprint density at radius 1 is 1.21 bits per heavy atom. The van der Waals surface area contributed by atoms with E-state index in [0.29, 0.717) is 4.21 Å². The van der Waals surface area contributed by atoms with Crippen molar-refractivity contribution < 1.29 is 8.42 Å². The normalized spacial score (nSPS) is 11.9. The van der Waals surface area contributed by atoms with E-state index in [2.05, 4.69) is 16.8 Å². The molecule has 0 aliphatic carbocycles. The van der Waals surface area contributed by atoms with E-state index in [0.717, 1.165) is 4.88 Å². The third-order valence-corrected chi connectivity index (χ3v) is 5.47. The fraction of sp³-hybridized carbons (Fsp3) is 0.286. The van der Waals surface area contributed by atoms with Crippen molar-refractivity contribution in [3.63, 3.8) is 0 Å². The first-order valence-electron chi connectivity index (χ1n) is 5.80. The first kappa shape index (κ1) is 13.9. The van der Waals surface area contributed by atoms with Crippen LogP contribution in [0.3, 0.4) is 0 Å². The van der Waals surface area contributed by atoms with Gasteiger partial charge in [-0.15, -0.1) is 11.3 Å². The van der Waals surface area contributed by atoms with E-state index in [-0.39, 0.29) is 10.4 Å². The minimum Gasteiger partial charge on any atom is -0.352 e. The lowest BCUT2D eigenvalue weighted by molar-refractivity contribution is 0.571. The number of nitrogens with one attached hydrogen (secondary N) is 1. The van der Waals surface area contributed by atoms with Gasteiger partial charge in [0.2, 0.25) is 9.84 Å². The second-order valence-electron chi connectivity index (χ2n) is 5.16. The Morgan fingerprint density at radius 3 is 2.53 bits per heavy atom. The molecule has 0 aliphatic rings. The molecule has 0 aliphatic heterocycles. The van der Waals surface area contributed by atoms with E-state index in [1.807, 2.05) is 20.8 Å². The minimum absolute atomic E-state index is 0.0948. The van der Waals surface area contributed by atoms with E-state index in [1.54, 1.807) is 30.5 Å². The molecule has 0 saturated carbocycles. The Balaban J connectivity index is 2.34. The smallest absolute Gasteiger partial charge is 0.231 e. The van der Waals surface area contributed by atoms with Crippen LogP contribution in [0.1, 0.15) is 25.6 Å². The highest BCUT2D eigenvalue weighted by Crippen LogP contribution is 2.26. The summed E-state index contributed by atoms with van der Waals surface area (Å²) in [5, 5.41) is 0.213. The van der Waals surface area contributed by atoms with Gasteiger partial charge in [-0.2, -0.15) is 0 Å². The topological polar surface area (TPSA) is 49.9 Å². The van der Waals surface area contributed by atoms with Crippen LogP contribution in [0.5, 0.6) is 0 Å². The molecule has 2 aromatic rings. The second-order valence-corrected chi connectivity index (χ2v) is 8.39. The highest BCUT2D eigenvalue weighted by atomic mass is 32.2. The lowest BCUT2D eigenvalue weighted by Crippen LogP contribution is -1.99. The molecule has 0 atom stereocenters. The monoisotopic (exact) mass is 293 g/mol. The summed E-state index contributed by atoms with van der Waals surface area (Å²) in [5.74, 6) is 6.11. The van der Waals surface area contributed by atoms with Crippen molar-refractivity contribution in [3.8, 4) is 11.8 Å². The average Bonchev–Trinajstić information content (AvgIpc) is 2.97. The Hall–Kier alpha value is -1.51. The van der Waals surface area contributed by atoms with Crippen LogP contribution in [0.4, 0.5) is 0 Å². The summed E-state index contributed by atoms with van der Waals surface area (Å²) in [6, 6.07) is 6.57. The number of rotatable bonds is 2. The molecular formula is C14H15NO2S2.